The molecule has 0 radical (unpaired) electrons. The first kappa shape index (κ1) is 15.8. The molecule has 0 aliphatic carbocycles. The van der Waals surface area contributed by atoms with Gasteiger partial charge in [0.25, 0.3) is 6.33 Å². The Bertz CT molecular complexity index is 656. The minimum absolute atomic E-state index is 0.530. The second-order valence-corrected chi connectivity index (χ2v) is 21.2. The van der Waals surface area contributed by atoms with Gasteiger partial charge in [-0.1, -0.05) is 46.1 Å². The molecule has 3 aromatic rings. The fourth-order valence-electron chi connectivity index (χ4n) is 1.67. The Labute approximate surface area is 153 Å². The normalized spacial score (nSPS) is 10.6. The molecule has 0 fully saturated rings. The molecular weight excluding hydrogens is 700 g/mol. The number of hydrogen-bond acceptors (Lipinski definition) is 2. The van der Waals surface area contributed by atoms with Crippen molar-refractivity contribution in [1.82, 2.24) is 4.98 Å². The summed E-state index contributed by atoms with van der Waals surface area (Å²) in [5.41, 5.74) is 2.38. The van der Waals surface area contributed by atoms with Crippen molar-refractivity contribution in [3.63, 3.8) is 0 Å². The Hall–Kier alpha value is 1.44. The van der Waals surface area contributed by atoms with Gasteiger partial charge in [-0.3, -0.25) is 0 Å². The van der Waals surface area contributed by atoms with Crippen LogP contribution in [0.2, 0.25) is 0 Å². The van der Waals surface area contributed by atoms with Crippen LogP contribution in [0.3, 0.4) is 0 Å². The molecule has 0 bridgehead atoms. The molecule has 0 saturated heterocycles. The van der Waals surface area contributed by atoms with E-state index < -0.39 is 0 Å². The molecule has 0 saturated carbocycles. The number of nitrogens with zero attached hydrogens (tertiary/aromatic N) is 2. The van der Waals surface area contributed by atoms with Gasteiger partial charge in [0.15, 0.2) is 10.3 Å². The molecule has 2 aromatic heterocycles. The van der Waals surface area contributed by atoms with Crippen LogP contribution in [0.25, 0.3) is 15.7 Å². The van der Waals surface area contributed by atoms with E-state index in [0.717, 1.165) is 9.94 Å². The van der Waals surface area contributed by atoms with Gasteiger partial charge in [0.2, 0.25) is 0 Å². The Morgan fingerprint density at radius 2 is 2.00 bits per heavy atom. The van der Waals surface area contributed by atoms with Gasteiger partial charge >= 0.3 is 50.5 Å². The van der Waals surface area contributed by atoms with Crippen molar-refractivity contribution >= 4 is 86.9 Å². The zero-order valence-electron chi connectivity index (χ0n) is 8.99. The summed E-state index contributed by atoms with van der Waals surface area (Å²) in [5.74, 6) is 0. The number of fused-ring (bicyclic) bond motifs is 3. The number of aromatic nitrogens is 2. The van der Waals surface area contributed by atoms with Crippen molar-refractivity contribution in [2.24, 2.45) is 0 Å². The molecular formula is C11H8I4N2S. The van der Waals surface area contributed by atoms with E-state index in [-0.39, 0.29) is 0 Å². The number of thiazole rings is 1. The first-order valence-corrected chi connectivity index (χ1v) is 19.9. The van der Waals surface area contributed by atoms with Crippen LogP contribution < -0.4 is 17.7 Å². The van der Waals surface area contributed by atoms with Gasteiger partial charge in [-0.25, -0.2) is 0 Å². The summed E-state index contributed by atoms with van der Waals surface area (Å²) < 4.78 is 3.20. The zero-order chi connectivity index (χ0) is 13.0. The number of alkyl halides is 1. The molecule has 1 aromatic carbocycles. The summed E-state index contributed by atoms with van der Waals surface area (Å²) >= 11 is 9.47. The molecule has 0 amide bonds. The summed E-state index contributed by atoms with van der Waals surface area (Å²) in [6.45, 7) is 0. The van der Waals surface area contributed by atoms with Crippen LogP contribution in [-0.4, -0.2) is 4.98 Å². The summed E-state index contributed by atoms with van der Waals surface area (Å²) in [6, 6.07) is 8.27. The Morgan fingerprint density at radius 1 is 1.28 bits per heavy atom. The van der Waals surface area contributed by atoms with Crippen LogP contribution in [0.5, 0.6) is 0 Å². The Kier molecular flexibility index (Phi) is 7.05. The van der Waals surface area contributed by atoms with Crippen LogP contribution in [0.15, 0.2) is 36.0 Å². The van der Waals surface area contributed by atoms with Crippen molar-refractivity contribution < 1.29 is 17.7 Å². The number of hydrogen-bond donors (Lipinski definition) is 0. The Balaban J connectivity index is 0.000000367. The quantitative estimate of drug-likeness (QED) is 0.214. The van der Waals surface area contributed by atoms with Crippen LogP contribution in [0, 0.1) is 0 Å². The maximum atomic E-state index is 4.46. The Morgan fingerprint density at radius 3 is 2.72 bits per heavy atom. The maximum absolute atomic E-state index is 4.46. The van der Waals surface area contributed by atoms with Crippen LogP contribution >= 0.6 is 71.2 Å². The molecule has 2 heterocycles. The van der Waals surface area contributed by atoms with E-state index in [1.54, 1.807) is 11.3 Å². The third kappa shape index (κ3) is 3.55. The molecule has 0 aliphatic rings. The van der Waals surface area contributed by atoms with Crippen molar-refractivity contribution in [3.05, 3.63) is 41.7 Å². The van der Waals surface area contributed by atoms with Gasteiger partial charge in [-0.15, -0.1) is 0 Å². The van der Waals surface area contributed by atoms with Crippen molar-refractivity contribution in [3.8, 4) is 0 Å². The topological polar surface area (TPSA) is 17.0 Å². The summed E-state index contributed by atoms with van der Waals surface area (Å²) in [7, 11) is 0. The third-order valence-electron chi connectivity index (χ3n) is 2.42. The zero-order valence-corrected chi connectivity index (χ0v) is 18.4. The monoisotopic (exact) mass is 708 g/mol. The average Bonchev–Trinajstić information content (AvgIpc) is 2.83. The number of halogens is 4. The molecule has 0 N–H and O–H groups in total. The molecule has 7 heteroatoms. The van der Waals surface area contributed by atoms with E-state index in [1.807, 2.05) is 12.4 Å². The molecule has 96 valence electrons. The van der Waals surface area contributed by atoms with Gasteiger partial charge in [-0.05, 0) is 17.1 Å². The molecule has 18 heavy (non-hydrogen) atoms. The molecule has 0 spiro atoms. The van der Waals surface area contributed by atoms with Gasteiger partial charge < -0.3 is 0 Å². The second-order valence-electron chi connectivity index (χ2n) is 3.35. The van der Waals surface area contributed by atoms with Gasteiger partial charge in [-0.2, -0.15) is 4.40 Å². The van der Waals surface area contributed by atoms with Crippen LogP contribution in [0.4, 0.5) is 0 Å². The summed E-state index contributed by atoms with van der Waals surface area (Å²) in [5, 5.41) is 3.44. The minimum atomic E-state index is 0.530. The molecule has 0 atom stereocenters. The van der Waals surface area contributed by atoms with Crippen LogP contribution in [-0.2, 0) is 4.43 Å². The van der Waals surface area contributed by atoms with E-state index in [9.17, 15) is 0 Å². The fraction of sp³-hybridized carbons (Fsp3) is 0.0909. The van der Waals surface area contributed by atoms with Crippen molar-refractivity contribution in [2.75, 3.05) is 0 Å². The van der Waals surface area contributed by atoms with E-state index in [0.29, 0.717) is 13.3 Å². The standard InChI is InChI=1S/C11H8IN2S.I3/c12-5-8-6-15-11-9-3-1-2-4-10(9)13-7-14(8)11;1-3-2/h1-4,6-7H,5H2;/q+1;-1. The summed E-state index contributed by atoms with van der Waals surface area (Å²) in [6.07, 6.45) is 1.92. The fourth-order valence-corrected chi connectivity index (χ4v) is 3.58. The third-order valence-corrected chi connectivity index (χ3v) is 4.23. The molecule has 0 unspecified atom stereocenters. The van der Waals surface area contributed by atoms with Gasteiger partial charge in [0, 0.05) is 5.38 Å². The van der Waals surface area contributed by atoms with E-state index in [2.05, 4.69) is 92.8 Å². The van der Waals surface area contributed by atoms with E-state index in [4.69, 9.17) is 0 Å². The van der Waals surface area contributed by atoms with E-state index >= 15 is 0 Å². The van der Waals surface area contributed by atoms with Crippen molar-refractivity contribution in [1.29, 1.82) is 0 Å². The predicted octanol–water partition coefficient (Wildman–Crippen LogP) is 1.75. The molecule has 3 rings (SSSR count). The molecule has 2 nitrogen and oxygen atoms in total. The first-order chi connectivity index (χ1) is 8.81. The second kappa shape index (κ2) is 8.02. The SMILES string of the molecule is ICc1csc2c3ccccc3nc[n+]12.I[I-]I. The van der Waals surface area contributed by atoms with Crippen LogP contribution in [0.1, 0.15) is 5.69 Å². The number of para-hydroxylation sites is 1. The first-order valence-electron chi connectivity index (χ1n) is 4.90. The van der Waals surface area contributed by atoms with E-state index in [1.165, 1.54) is 15.9 Å². The number of benzene rings is 1. The molecule has 0 aliphatic heterocycles. The summed E-state index contributed by atoms with van der Waals surface area (Å²) in [4.78, 5) is 5.74. The average molecular weight is 708 g/mol. The van der Waals surface area contributed by atoms with Crippen molar-refractivity contribution in [2.45, 2.75) is 4.43 Å². The van der Waals surface area contributed by atoms with Gasteiger partial charge in [0.1, 0.15) is 5.69 Å². The predicted molar refractivity (Wildman–Crippen MR) is 98.5 cm³/mol. The number of rotatable bonds is 1. The van der Waals surface area contributed by atoms with Gasteiger partial charge in [0.05, 0.1) is 9.81 Å².